The normalized spacial score (nSPS) is 9.59. The summed E-state index contributed by atoms with van der Waals surface area (Å²) in [5.74, 6) is -0.442. The smallest absolute Gasteiger partial charge is 0.248 e. The van der Waals surface area contributed by atoms with Crippen molar-refractivity contribution < 1.29 is 4.79 Å². The van der Waals surface area contributed by atoms with E-state index in [-0.39, 0.29) is 0 Å². The fourth-order valence-corrected chi connectivity index (χ4v) is 1.60. The summed E-state index contributed by atoms with van der Waals surface area (Å²) in [5.41, 5.74) is 8.15. The standard InChI is InChI=1S/C14H10N2O/c15-9-10-2-1-3-13(8-10)11-4-6-12(7-5-11)14(16)17/h1-8H,(H2,16,17). The Bertz CT molecular complexity index is 594. The Labute approximate surface area is 99.1 Å². The van der Waals surface area contributed by atoms with Crippen LogP contribution in [0.15, 0.2) is 48.5 Å². The first-order valence-electron chi connectivity index (χ1n) is 5.11. The van der Waals surface area contributed by atoms with Gasteiger partial charge in [0.05, 0.1) is 11.6 Å². The molecule has 0 aliphatic carbocycles. The molecule has 0 fully saturated rings. The first kappa shape index (κ1) is 10.9. The van der Waals surface area contributed by atoms with Gasteiger partial charge in [0.2, 0.25) is 5.91 Å². The zero-order valence-corrected chi connectivity index (χ0v) is 9.05. The predicted molar refractivity (Wildman–Crippen MR) is 65.1 cm³/mol. The molecule has 0 unspecified atom stereocenters. The Morgan fingerprint density at radius 2 is 1.76 bits per heavy atom. The number of carbonyl (C=O) groups excluding carboxylic acids is 1. The van der Waals surface area contributed by atoms with Crippen molar-refractivity contribution in [2.75, 3.05) is 0 Å². The number of primary amides is 1. The molecule has 82 valence electrons. The van der Waals surface area contributed by atoms with Crippen molar-refractivity contribution in [1.82, 2.24) is 0 Å². The van der Waals surface area contributed by atoms with Crippen molar-refractivity contribution in [1.29, 1.82) is 5.26 Å². The minimum atomic E-state index is -0.442. The molecule has 0 saturated carbocycles. The lowest BCUT2D eigenvalue weighted by Crippen LogP contribution is -2.10. The van der Waals surface area contributed by atoms with Gasteiger partial charge in [-0.3, -0.25) is 4.79 Å². The highest BCUT2D eigenvalue weighted by Crippen LogP contribution is 2.20. The summed E-state index contributed by atoms with van der Waals surface area (Å²) in [7, 11) is 0. The van der Waals surface area contributed by atoms with Crippen LogP contribution in [0.2, 0.25) is 0 Å². The van der Waals surface area contributed by atoms with Gasteiger partial charge in [-0.15, -0.1) is 0 Å². The van der Waals surface area contributed by atoms with Crippen LogP contribution in [0.4, 0.5) is 0 Å². The molecule has 2 rings (SSSR count). The number of rotatable bonds is 2. The van der Waals surface area contributed by atoms with E-state index in [1.54, 1.807) is 24.3 Å². The van der Waals surface area contributed by atoms with Crippen LogP contribution in [0.5, 0.6) is 0 Å². The van der Waals surface area contributed by atoms with E-state index in [1.807, 2.05) is 24.3 Å². The number of nitriles is 1. The second kappa shape index (κ2) is 4.50. The van der Waals surface area contributed by atoms with Crippen LogP contribution in [-0.2, 0) is 0 Å². The van der Waals surface area contributed by atoms with E-state index >= 15 is 0 Å². The second-order valence-electron chi connectivity index (χ2n) is 3.63. The minimum Gasteiger partial charge on any atom is -0.366 e. The number of hydrogen-bond donors (Lipinski definition) is 1. The molecular formula is C14H10N2O. The highest BCUT2D eigenvalue weighted by Gasteiger charge is 2.02. The Morgan fingerprint density at radius 3 is 2.35 bits per heavy atom. The molecule has 2 aromatic rings. The molecule has 0 heterocycles. The van der Waals surface area contributed by atoms with Crippen LogP contribution in [-0.4, -0.2) is 5.91 Å². The monoisotopic (exact) mass is 222 g/mol. The third kappa shape index (κ3) is 2.32. The fraction of sp³-hybridized carbons (Fsp3) is 0. The Morgan fingerprint density at radius 1 is 1.06 bits per heavy atom. The zero-order chi connectivity index (χ0) is 12.3. The molecule has 0 bridgehead atoms. The lowest BCUT2D eigenvalue weighted by atomic mass is 10.0. The van der Waals surface area contributed by atoms with Crippen LogP contribution in [0.3, 0.4) is 0 Å². The maximum atomic E-state index is 10.9. The van der Waals surface area contributed by atoms with Crippen molar-refractivity contribution in [2.24, 2.45) is 5.73 Å². The van der Waals surface area contributed by atoms with Gasteiger partial charge in [-0.25, -0.2) is 0 Å². The molecule has 0 saturated heterocycles. The van der Waals surface area contributed by atoms with E-state index in [2.05, 4.69) is 6.07 Å². The number of benzene rings is 2. The minimum absolute atomic E-state index is 0.442. The van der Waals surface area contributed by atoms with Gasteiger partial charge in [0, 0.05) is 5.56 Å². The Kier molecular flexibility index (Phi) is 2.89. The number of nitrogens with two attached hydrogens (primary N) is 1. The molecular weight excluding hydrogens is 212 g/mol. The molecule has 3 nitrogen and oxygen atoms in total. The zero-order valence-electron chi connectivity index (χ0n) is 9.05. The summed E-state index contributed by atoms with van der Waals surface area (Å²) in [4.78, 5) is 10.9. The summed E-state index contributed by atoms with van der Waals surface area (Å²) in [5, 5.41) is 8.81. The van der Waals surface area contributed by atoms with E-state index in [0.29, 0.717) is 11.1 Å². The lowest BCUT2D eigenvalue weighted by Gasteiger charge is -2.02. The molecule has 2 aromatic carbocycles. The molecule has 0 aliphatic rings. The average molecular weight is 222 g/mol. The molecule has 3 heteroatoms. The third-order valence-corrected chi connectivity index (χ3v) is 2.49. The molecule has 0 atom stereocenters. The number of carbonyl (C=O) groups is 1. The SMILES string of the molecule is N#Cc1cccc(-c2ccc(C(N)=O)cc2)c1. The summed E-state index contributed by atoms with van der Waals surface area (Å²) in [6.45, 7) is 0. The first-order chi connectivity index (χ1) is 8.20. The molecule has 0 aliphatic heterocycles. The maximum Gasteiger partial charge on any atom is 0.248 e. The first-order valence-corrected chi connectivity index (χ1v) is 5.11. The molecule has 0 spiro atoms. The van der Waals surface area contributed by atoms with Crippen molar-refractivity contribution in [3.05, 3.63) is 59.7 Å². The van der Waals surface area contributed by atoms with Crippen molar-refractivity contribution in [3.63, 3.8) is 0 Å². The van der Waals surface area contributed by atoms with E-state index in [1.165, 1.54) is 0 Å². The number of hydrogen-bond acceptors (Lipinski definition) is 2. The van der Waals surface area contributed by atoms with Crippen LogP contribution in [0.1, 0.15) is 15.9 Å². The Hall–Kier alpha value is -2.60. The van der Waals surface area contributed by atoms with Crippen LogP contribution < -0.4 is 5.73 Å². The molecule has 0 radical (unpaired) electrons. The highest BCUT2D eigenvalue weighted by molar-refractivity contribution is 5.93. The number of amides is 1. The van der Waals surface area contributed by atoms with E-state index < -0.39 is 5.91 Å². The van der Waals surface area contributed by atoms with Crippen molar-refractivity contribution in [2.45, 2.75) is 0 Å². The summed E-state index contributed by atoms with van der Waals surface area (Å²) >= 11 is 0. The van der Waals surface area contributed by atoms with Crippen molar-refractivity contribution >= 4 is 5.91 Å². The van der Waals surface area contributed by atoms with Gasteiger partial charge in [0.15, 0.2) is 0 Å². The largest absolute Gasteiger partial charge is 0.366 e. The second-order valence-corrected chi connectivity index (χ2v) is 3.63. The van der Waals surface area contributed by atoms with Crippen molar-refractivity contribution in [3.8, 4) is 17.2 Å². The maximum absolute atomic E-state index is 10.9. The molecule has 1 amide bonds. The molecule has 17 heavy (non-hydrogen) atoms. The van der Waals surface area contributed by atoms with E-state index in [0.717, 1.165) is 11.1 Å². The average Bonchev–Trinajstić information content (AvgIpc) is 2.39. The fourth-order valence-electron chi connectivity index (χ4n) is 1.60. The quantitative estimate of drug-likeness (QED) is 0.847. The van der Waals surface area contributed by atoms with Crippen LogP contribution >= 0.6 is 0 Å². The number of nitrogens with zero attached hydrogens (tertiary/aromatic N) is 1. The predicted octanol–water partition coefficient (Wildman–Crippen LogP) is 2.32. The summed E-state index contributed by atoms with van der Waals surface area (Å²) < 4.78 is 0. The van der Waals surface area contributed by atoms with E-state index in [9.17, 15) is 4.79 Å². The third-order valence-electron chi connectivity index (χ3n) is 2.49. The summed E-state index contributed by atoms with van der Waals surface area (Å²) in [6, 6.07) is 16.4. The van der Waals surface area contributed by atoms with Gasteiger partial charge < -0.3 is 5.73 Å². The highest BCUT2D eigenvalue weighted by atomic mass is 16.1. The van der Waals surface area contributed by atoms with E-state index in [4.69, 9.17) is 11.0 Å². The van der Waals surface area contributed by atoms with Gasteiger partial charge in [-0.2, -0.15) is 5.26 Å². The molecule has 2 N–H and O–H groups in total. The lowest BCUT2D eigenvalue weighted by molar-refractivity contribution is 0.100. The van der Waals surface area contributed by atoms with Gasteiger partial charge >= 0.3 is 0 Å². The van der Waals surface area contributed by atoms with Crippen LogP contribution in [0, 0.1) is 11.3 Å². The van der Waals surface area contributed by atoms with Crippen LogP contribution in [0.25, 0.3) is 11.1 Å². The summed E-state index contributed by atoms with van der Waals surface area (Å²) in [6.07, 6.45) is 0. The van der Waals surface area contributed by atoms with Gasteiger partial charge in [0.1, 0.15) is 0 Å². The van der Waals surface area contributed by atoms with Gasteiger partial charge in [0.25, 0.3) is 0 Å². The molecule has 0 aromatic heterocycles. The topological polar surface area (TPSA) is 66.9 Å². The van der Waals surface area contributed by atoms with Gasteiger partial charge in [-0.05, 0) is 35.4 Å². The Balaban J connectivity index is 2.40. The van der Waals surface area contributed by atoms with Gasteiger partial charge in [-0.1, -0.05) is 24.3 Å².